The monoisotopic (exact) mass is 229 g/mol. The molecule has 0 amide bonds. The predicted octanol–water partition coefficient (Wildman–Crippen LogP) is 1.78. The summed E-state index contributed by atoms with van der Waals surface area (Å²) in [5, 5.41) is 4.17. The Bertz CT molecular complexity index is 545. The van der Waals surface area contributed by atoms with Crippen molar-refractivity contribution in [1.82, 2.24) is 9.78 Å². The van der Waals surface area contributed by atoms with E-state index in [1.165, 1.54) is 11.1 Å². The summed E-state index contributed by atoms with van der Waals surface area (Å²) < 4.78 is 7.71. The van der Waals surface area contributed by atoms with Crippen molar-refractivity contribution in [1.29, 1.82) is 0 Å². The normalized spacial score (nSPS) is 17.8. The van der Waals surface area contributed by atoms with E-state index in [9.17, 15) is 0 Å². The summed E-state index contributed by atoms with van der Waals surface area (Å²) in [5.74, 6) is 1.55. The third-order valence-corrected chi connectivity index (χ3v) is 3.01. The number of nitrogens with zero attached hydrogens (tertiary/aromatic N) is 2. The molecule has 1 unspecified atom stereocenters. The van der Waals surface area contributed by atoms with Crippen LogP contribution in [-0.4, -0.2) is 15.9 Å². The zero-order chi connectivity index (χ0) is 11.8. The maximum absolute atomic E-state index is 5.87. The molecular formula is C13H15N3O. The lowest BCUT2D eigenvalue weighted by atomic mass is 10.1. The number of aromatic nitrogens is 2. The number of benzene rings is 1. The molecule has 1 aromatic heterocycles. The number of ether oxygens (including phenoxy) is 1. The van der Waals surface area contributed by atoms with E-state index in [4.69, 9.17) is 10.5 Å². The summed E-state index contributed by atoms with van der Waals surface area (Å²) in [6.07, 6.45) is 2.98. The molecule has 0 radical (unpaired) electrons. The molecule has 17 heavy (non-hydrogen) atoms. The van der Waals surface area contributed by atoms with E-state index in [-0.39, 0.29) is 6.10 Å². The van der Waals surface area contributed by atoms with Gasteiger partial charge in [0.05, 0.1) is 6.54 Å². The number of nitrogen functional groups attached to an aromatic ring is 1. The van der Waals surface area contributed by atoms with Gasteiger partial charge in [0.25, 0.3) is 0 Å². The van der Waals surface area contributed by atoms with Crippen LogP contribution in [0.3, 0.4) is 0 Å². The largest absolute Gasteiger partial charge is 0.488 e. The Hall–Kier alpha value is -1.97. The van der Waals surface area contributed by atoms with E-state index < -0.39 is 0 Å². The van der Waals surface area contributed by atoms with Crippen LogP contribution in [0.15, 0.2) is 30.5 Å². The Balaban J connectivity index is 1.74. The van der Waals surface area contributed by atoms with Crippen LogP contribution in [0.1, 0.15) is 11.1 Å². The minimum absolute atomic E-state index is 0.158. The van der Waals surface area contributed by atoms with Crippen molar-refractivity contribution in [2.24, 2.45) is 0 Å². The van der Waals surface area contributed by atoms with Crippen LogP contribution in [0.25, 0.3) is 0 Å². The highest BCUT2D eigenvalue weighted by Gasteiger charge is 2.23. The highest BCUT2D eigenvalue weighted by molar-refractivity contribution is 5.40. The fraction of sp³-hybridized carbons (Fsp3) is 0.308. The van der Waals surface area contributed by atoms with E-state index in [0.717, 1.165) is 18.7 Å². The second-order valence-electron chi connectivity index (χ2n) is 4.52. The van der Waals surface area contributed by atoms with Gasteiger partial charge in [-0.25, -0.2) is 0 Å². The Morgan fingerprint density at radius 3 is 3.12 bits per heavy atom. The molecule has 1 aliphatic heterocycles. The highest BCUT2D eigenvalue weighted by Crippen LogP contribution is 2.29. The molecule has 0 spiro atoms. The van der Waals surface area contributed by atoms with Crippen molar-refractivity contribution in [3.63, 3.8) is 0 Å². The lowest BCUT2D eigenvalue weighted by Gasteiger charge is -2.10. The smallest absolute Gasteiger partial charge is 0.145 e. The second kappa shape index (κ2) is 3.80. The molecular weight excluding hydrogens is 214 g/mol. The molecule has 1 atom stereocenters. The van der Waals surface area contributed by atoms with Crippen LogP contribution in [0, 0.1) is 6.92 Å². The summed E-state index contributed by atoms with van der Waals surface area (Å²) in [6.45, 7) is 2.84. The molecule has 88 valence electrons. The van der Waals surface area contributed by atoms with Gasteiger partial charge in [-0.05, 0) is 24.6 Å². The summed E-state index contributed by atoms with van der Waals surface area (Å²) in [7, 11) is 0. The number of nitrogens with two attached hydrogens (primary N) is 1. The Kier molecular flexibility index (Phi) is 2.28. The summed E-state index contributed by atoms with van der Waals surface area (Å²) in [6, 6.07) is 8.11. The van der Waals surface area contributed by atoms with E-state index >= 15 is 0 Å². The maximum Gasteiger partial charge on any atom is 0.145 e. The van der Waals surface area contributed by atoms with Gasteiger partial charge in [-0.1, -0.05) is 17.7 Å². The summed E-state index contributed by atoms with van der Waals surface area (Å²) in [5.41, 5.74) is 8.15. The van der Waals surface area contributed by atoms with Crippen LogP contribution in [0.2, 0.25) is 0 Å². The van der Waals surface area contributed by atoms with E-state index in [1.807, 2.05) is 16.9 Å². The molecule has 2 heterocycles. The molecule has 2 N–H and O–H groups in total. The average Bonchev–Trinajstić information content (AvgIpc) is 2.84. The Morgan fingerprint density at radius 2 is 2.35 bits per heavy atom. The first-order valence-electron chi connectivity index (χ1n) is 5.76. The lowest BCUT2D eigenvalue weighted by Crippen LogP contribution is -2.21. The highest BCUT2D eigenvalue weighted by atomic mass is 16.5. The van der Waals surface area contributed by atoms with Crippen molar-refractivity contribution in [2.45, 2.75) is 26.0 Å². The predicted molar refractivity (Wildman–Crippen MR) is 65.9 cm³/mol. The van der Waals surface area contributed by atoms with Gasteiger partial charge in [-0.2, -0.15) is 5.10 Å². The number of anilines is 1. The summed E-state index contributed by atoms with van der Waals surface area (Å²) in [4.78, 5) is 0. The third kappa shape index (κ3) is 1.98. The van der Waals surface area contributed by atoms with Crippen LogP contribution in [0.5, 0.6) is 5.75 Å². The van der Waals surface area contributed by atoms with E-state index in [2.05, 4.69) is 24.2 Å². The molecule has 0 fully saturated rings. The fourth-order valence-electron chi connectivity index (χ4n) is 2.24. The Morgan fingerprint density at radius 1 is 1.47 bits per heavy atom. The van der Waals surface area contributed by atoms with Crippen molar-refractivity contribution in [3.8, 4) is 5.75 Å². The van der Waals surface area contributed by atoms with Crippen LogP contribution in [0.4, 0.5) is 5.82 Å². The average molecular weight is 229 g/mol. The van der Waals surface area contributed by atoms with Crippen LogP contribution >= 0.6 is 0 Å². The molecule has 0 aliphatic carbocycles. The second-order valence-corrected chi connectivity index (χ2v) is 4.52. The minimum Gasteiger partial charge on any atom is -0.488 e. The third-order valence-electron chi connectivity index (χ3n) is 3.01. The first-order valence-corrected chi connectivity index (χ1v) is 5.76. The number of rotatable bonds is 2. The Labute approximate surface area is 100 Å². The zero-order valence-corrected chi connectivity index (χ0v) is 9.76. The van der Waals surface area contributed by atoms with Crippen LogP contribution < -0.4 is 10.5 Å². The molecule has 2 aromatic rings. The molecule has 1 aliphatic rings. The fourth-order valence-corrected chi connectivity index (χ4v) is 2.24. The molecule has 0 saturated carbocycles. The molecule has 3 rings (SSSR count). The van der Waals surface area contributed by atoms with Gasteiger partial charge in [0, 0.05) is 12.6 Å². The SMILES string of the molecule is Cc1ccc2c(c1)CC(Cn1ccc(N)n1)O2. The molecule has 4 nitrogen and oxygen atoms in total. The lowest BCUT2D eigenvalue weighted by molar-refractivity contribution is 0.203. The van der Waals surface area contributed by atoms with Crippen molar-refractivity contribution >= 4 is 5.82 Å². The molecule has 1 aromatic carbocycles. The van der Waals surface area contributed by atoms with Gasteiger partial charge in [-0.15, -0.1) is 0 Å². The standard InChI is InChI=1S/C13H15N3O/c1-9-2-3-12-10(6-9)7-11(17-12)8-16-5-4-13(14)15-16/h2-6,11H,7-8H2,1H3,(H2,14,15). The first kappa shape index (κ1) is 10.2. The van der Waals surface area contributed by atoms with Gasteiger partial charge in [-0.3, -0.25) is 4.68 Å². The van der Waals surface area contributed by atoms with Gasteiger partial charge < -0.3 is 10.5 Å². The van der Waals surface area contributed by atoms with E-state index in [1.54, 1.807) is 6.07 Å². The van der Waals surface area contributed by atoms with Crippen molar-refractivity contribution in [3.05, 3.63) is 41.6 Å². The van der Waals surface area contributed by atoms with E-state index in [0.29, 0.717) is 5.82 Å². The molecule has 0 bridgehead atoms. The van der Waals surface area contributed by atoms with Gasteiger partial charge in [0.1, 0.15) is 17.7 Å². The first-order chi connectivity index (χ1) is 8.20. The molecule has 0 saturated heterocycles. The minimum atomic E-state index is 0.158. The number of hydrogen-bond acceptors (Lipinski definition) is 3. The van der Waals surface area contributed by atoms with Gasteiger partial charge >= 0.3 is 0 Å². The number of hydrogen-bond donors (Lipinski definition) is 1. The molecule has 4 heteroatoms. The van der Waals surface area contributed by atoms with Crippen molar-refractivity contribution < 1.29 is 4.74 Å². The summed E-state index contributed by atoms with van der Waals surface area (Å²) >= 11 is 0. The quantitative estimate of drug-likeness (QED) is 0.854. The zero-order valence-electron chi connectivity index (χ0n) is 9.76. The van der Waals surface area contributed by atoms with Crippen LogP contribution in [-0.2, 0) is 13.0 Å². The topological polar surface area (TPSA) is 53.1 Å². The number of fused-ring (bicyclic) bond motifs is 1. The van der Waals surface area contributed by atoms with Gasteiger partial charge in [0.15, 0.2) is 0 Å². The van der Waals surface area contributed by atoms with Crippen molar-refractivity contribution in [2.75, 3.05) is 5.73 Å². The number of aryl methyl sites for hydroxylation is 1. The van der Waals surface area contributed by atoms with Gasteiger partial charge in [0.2, 0.25) is 0 Å². The maximum atomic E-state index is 5.87.